The molecule has 36 heteroatoms. The Morgan fingerprint density at radius 2 is 0.958 bits per heavy atom. The Morgan fingerprint density at radius 1 is 0.594 bits per heavy atom. The zero-order chi connectivity index (χ0) is 70.8. The van der Waals surface area contributed by atoms with Crippen LogP contribution in [0.25, 0.3) is 0 Å². The minimum absolute atomic E-state index is 0. The zero-order valence-corrected chi connectivity index (χ0v) is 57.3. The third-order valence-corrected chi connectivity index (χ3v) is 17.3. The van der Waals surface area contributed by atoms with Crippen LogP contribution in [0.3, 0.4) is 0 Å². The molecule has 4 atom stereocenters. The summed E-state index contributed by atoms with van der Waals surface area (Å²) in [5.41, 5.74) is -1.16. The lowest BCUT2D eigenvalue weighted by molar-refractivity contribution is -0.388. The number of nitro benzene ring substituents is 3. The number of piperidine rings is 2. The number of aliphatic hydroxyl groups excluding tert-OH is 1. The number of nitrogens with one attached hydrogen (secondary N) is 1. The van der Waals surface area contributed by atoms with E-state index in [2.05, 4.69) is 4.84 Å². The van der Waals surface area contributed by atoms with Crippen LogP contribution in [0.15, 0.2) is 148 Å². The Labute approximate surface area is 568 Å². The first-order valence-electron chi connectivity index (χ1n) is 28.6. The fourth-order valence-corrected chi connectivity index (χ4v) is 12.1. The Morgan fingerprint density at radius 3 is 1.35 bits per heavy atom. The zero-order valence-electron chi connectivity index (χ0n) is 53.3. The minimum Gasteiger partial charge on any atom is -0.464 e. The highest BCUT2D eigenvalue weighted by Crippen LogP contribution is 2.32. The van der Waals surface area contributed by atoms with E-state index in [1.807, 2.05) is 41.3 Å². The van der Waals surface area contributed by atoms with Crippen LogP contribution in [0.2, 0.25) is 0 Å². The van der Waals surface area contributed by atoms with Crippen LogP contribution >= 0.6 is 23.1 Å². The SMILES string of the molecule is C.CCOC(=O)[C@@H]1CC[C@@H](N(C)S(=O)(=O)c2ccccc2[N+](=O)[O-])CN1C(=O)OC(C)(C)C.CCOC(=O)[C@@H]1CC[C@H](O)CN1C(=O)OC(C)(C)C.Cl.NOCc1ccccc1.O=[N+]([O-])c1ccccc1S(=O)(=O)Cl.O=[N+]([O-])c1ccccc1S(=O)(=O)NOCc1ccccc1. The number of likely N-dealkylation sites (tertiary alicyclic amines) is 2. The predicted octanol–water partition coefficient (Wildman–Crippen LogP) is 9.52. The van der Waals surface area contributed by atoms with Crippen molar-refractivity contribution in [3.63, 3.8) is 0 Å². The average molecular weight is 1450 g/mol. The molecule has 5 aromatic carbocycles. The van der Waals surface area contributed by atoms with E-state index in [9.17, 15) is 79.9 Å². The summed E-state index contributed by atoms with van der Waals surface area (Å²) in [6.07, 6.45) is -0.722. The van der Waals surface area contributed by atoms with Gasteiger partial charge in [0, 0.05) is 48.5 Å². The summed E-state index contributed by atoms with van der Waals surface area (Å²) >= 11 is 0. The van der Waals surface area contributed by atoms with Gasteiger partial charge in [-0.05, 0) is 110 Å². The van der Waals surface area contributed by atoms with Gasteiger partial charge in [-0.2, -0.15) is 4.31 Å². The molecule has 0 unspecified atom stereocenters. The van der Waals surface area contributed by atoms with Gasteiger partial charge < -0.3 is 24.1 Å². The fraction of sp³-hybridized carbons (Fsp3) is 0.433. The number of hydrogen-bond acceptors (Lipinski definition) is 24. The Balaban J connectivity index is 0.000000632. The number of esters is 2. The molecule has 2 heterocycles. The van der Waals surface area contributed by atoms with E-state index in [1.165, 1.54) is 59.3 Å². The van der Waals surface area contributed by atoms with Gasteiger partial charge in [0.15, 0.2) is 14.7 Å². The molecule has 0 spiro atoms. The molecule has 31 nitrogen and oxygen atoms in total. The summed E-state index contributed by atoms with van der Waals surface area (Å²) in [5, 5.41) is 42.2. The number of nitrogens with zero attached hydrogens (tertiary/aromatic N) is 6. The lowest BCUT2D eigenvalue weighted by Crippen LogP contribution is -2.57. The second-order valence-corrected chi connectivity index (χ2v) is 28.2. The highest BCUT2D eigenvalue weighted by molar-refractivity contribution is 8.13. The largest absolute Gasteiger partial charge is 0.464 e. The van der Waals surface area contributed by atoms with Crippen molar-refractivity contribution in [2.24, 2.45) is 5.90 Å². The number of aliphatic hydroxyl groups is 1. The number of halogens is 2. The highest BCUT2D eigenvalue weighted by atomic mass is 35.7. The van der Waals surface area contributed by atoms with Crippen molar-refractivity contribution in [2.45, 2.75) is 152 Å². The maximum atomic E-state index is 13.2. The quantitative estimate of drug-likeness (QED) is 0.0241. The van der Waals surface area contributed by atoms with E-state index in [1.54, 1.807) is 79.7 Å². The number of likely N-dealkylation sites (N-methyl/N-ethyl adjacent to an activating group) is 1. The first-order chi connectivity index (χ1) is 43.9. The monoisotopic (exact) mass is 1450 g/mol. The van der Waals surface area contributed by atoms with E-state index in [-0.39, 0.29) is 65.6 Å². The van der Waals surface area contributed by atoms with Gasteiger partial charge in [0.2, 0.25) is 10.0 Å². The number of carbonyl (C=O) groups is 4. The topological polar surface area (TPSA) is 423 Å². The van der Waals surface area contributed by atoms with Gasteiger partial charge in [-0.1, -0.05) is 109 Å². The van der Waals surface area contributed by atoms with Crippen molar-refractivity contribution in [1.29, 1.82) is 0 Å². The molecule has 2 saturated heterocycles. The molecule has 96 heavy (non-hydrogen) atoms. The standard InChI is InChI=1S/C20H29N3O8S.C13H12N2O5S.C13H23NO5.C7H9NO.C6H4ClNO4S.CH4.ClH/c1-6-30-18(24)16-12-11-14(13-22(16)19(25)31-20(2,3)4)21(5)32(28,29)17-10-8-7-9-15(17)23(26)27;16-15(17)12-8-4-5-9-13(12)21(18,19)14-20-10-11-6-2-1-3-7-11;1-5-18-11(16)10-7-6-9(15)8-14(10)12(17)19-13(2,3)4;8-9-6-7-4-2-1-3-5-7;7-13(11,12)6-4-2-1-3-5(6)8(9)10;;/h7-10,14,16H,6,11-13H2,1-5H3;1-9,14H,10H2;9-10,15H,5-8H2,1-4H3;1-5H,6,8H2;1-4H;1H4;1H/t14-,16+;;9-,10-;;;;/m1.0..../s1. The third-order valence-electron chi connectivity index (χ3n) is 12.7. The van der Waals surface area contributed by atoms with Crippen molar-refractivity contribution < 1.29 is 92.9 Å². The van der Waals surface area contributed by atoms with Crippen molar-refractivity contribution in [3.05, 3.63) is 175 Å². The van der Waals surface area contributed by atoms with Crippen molar-refractivity contribution >= 4 is 93.4 Å². The van der Waals surface area contributed by atoms with E-state index >= 15 is 0 Å². The molecule has 0 aromatic heterocycles. The third kappa shape index (κ3) is 28.0. The lowest BCUT2D eigenvalue weighted by atomic mass is 9.98. The normalized spacial score (nSPS) is 16.1. The Bertz CT molecular complexity index is 3700. The van der Waals surface area contributed by atoms with Crippen molar-refractivity contribution in [3.8, 4) is 0 Å². The number of benzene rings is 5. The molecule has 0 aliphatic carbocycles. The molecule has 532 valence electrons. The van der Waals surface area contributed by atoms with E-state index in [4.69, 9.17) is 40.4 Å². The van der Waals surface area contributed by atoms with Crippen molar-refractivity contribution in [2.75, 3.05) is 33.4 Å². The molecular formula is C60H82Cl2N8O23S3. The van der Waals surface area contributed by atoms with E-state index in [0.717, 1.165) is 45.8 Å². The van der Waals surface area contributed by atoms with E-state index < -0.39 is 135 Å². The number of rotatable bonds is 18. The molecule has 0 saturated carbocycles. The number of nitro groups is 3. The minimum atomic E-state index is -4.25. The number of nitrogens with two attached hydrogens (primary N) is 1. The van der Waals surface area contributed by atoms with Gasteiger partial charge >= 0.3 is 24.1 Å². The fourth-order valence-electron chi connectivity index (χ4n) is 8.52. The summed E-state index contributed by atoms with van der Waals surface area (Å²) in [4.78, 5) is 91.6. The number of ether oxygens (including phenoxy) is 4. The second-order valence-electron chi connectivity index (χ2n) is 22.1. The maximum Gasteiger partial charge on any atom is 0.411 e. The Hall–Kier alpha value is -8.03. The molecule has 7 rings (SSSR count). The molecule has 2 amide bonds. The molecule has 0 bridgehead atoms. The first kappa shape index (κ1) is 86.0. The van der Waals surface area contributed by atoms with Crippen LogP contribution in [-0.4, -0.2) is 152 Å². The summed E-state index contributed by atoms with van der Waals surface area (Å²) in [7, 11) is -6.14. The van der Waals surface area contributed by atoms with Gasteiger partial charge in [-0.3, -0.25) is 49.8 Å². The van der Waals surface area contributed by atoms with Gasteiger partial charge in [-0.25, -0.2) is 50.3 Å². The molecule has 5 aromatic rings. The van der Waals surface area contributed by atoms with Gasteiger partial charge in [0.1, 0.15) is 23.3 Å². The van der Waals surface area contributed by atoms with Crippen LogP contribution in [-0.2, 0) is 80.5 Å². The Kier molecular flexibility index (Phi) is 35.7. The van der Waals surface area contributed by atoms with E-state index in [0.29, 0.717) is 19.4 Å². The molecule has 4 N–H and O–H groups in total. The average Bonchev–Trinajstić information content (AvgIpc) is 0.782. The summed E-state index contributed by atoms with van der Waals surface area (Å²) in [5.74, 6) is 3.82. The molecule has 2 aliphatic heterocycles. The predicted molar refractivity (Wildman–Crippen MR) is 353 cm³/mol. The number of hydrogen-bond donors (Lipinski definition) is 3. The smallest absolute Gasteiger partial charge is 0.411 e. The second kappa shape index (κ2) is 39.9. The number of carbonyl (C=O) groups excluding carboxylic acids is 4. The van der Waals surface area contributed by atoms with Gasteiger partial charge in [0.05, 0.1) is 53.8 Å². The highest BCUT2D eigenvalue weighted by Gasteiger charge is 2.44. The van der Waals surface area contributed by atoms with Gasteiger partial charge in [-0.15, -0.1) is 12.4 Å². The summed E-state index contributed by atoms with van der Waals surface area (Å²) < 4.78 is 93.7. The molecule has 2 aliphatic rings. The number of β-amino-alcohol motifs (C(OH)–C–C–N with tert-alkyl or cyclic N) is 1. The van der Waals surface area contributed by atoms with Gasteiger partial charge in [0.25, 0.3) is 36.1 Å². The van der Waals surface area contributed by atoms with Crippen LogP contribution in [0.1, 0.15) is 99.6 Å². The van der Waals surface area contributed by atoms with Crippen LogP contribution in [0, 0.1) is 30.3 Å². The summed E-state index contributed by atoms with van der Waals surface area (Å²) in [6, 6.07) is 31.4. The number of sulfonamides is 2. The number of amides is 2. The van der Waals surface area contributed by atoms with Crippen LogP contribution in [0.5, 0.6) is 0 Å². The van der Waals surface area contributed by atoms with Crippen molar-refractivity contribution in [1.82, 2.24) is 19.0 Å². The molecule has 0 radical (unpaired) electrons. The van der Waals surface area contributed by atoms with Crippen LogP contribution in [0.4, 0.5) is 26.7 Å². The summed E-state index contributed by atoms with van der Waals surface area (Å²) in [6.45, 7) is 14.5. The molecular weight excluding hydrogens is 1370 g/mol. The first-order valence-corrected chi connectivity index (χ1v) is 33.8. The maximum absolute atomic E-state index is 13.2. The number of para-hydroxylation sites is 3. The molecule has 2 fully saturated rings. The lowest BCUT2D eigenvalue weighted by Gasteiger charge is -2.41. The van der Waals surface area contributed by atoms with Crippen LogP contribution < -0.4 is 10.8 Å².